The molecule has 0 radical (unpaired) electrons. The molecule has 0 aliphatic heterocycles. The Balaban J connectivity index is 2.22. The van der Waals surface area contributed by atoms with Crippen LogP contribution in [0.3, 0.4) is 0 Å². The minimum Gasteiger partial charge on any atom is -0.393 e. The fraction of sp³-hybridized carbons (Fsp3) is 0.889. The molecular weight excluding hydrogens is 140 g/mol. The van der Waals surface area contributed by atoms with Gasteiger partial charge in [0.05, 0.1) is 6.10 Å². The van der Waals surface area contributed by atoms with Crippen molar-refractivity contribution in [1.82, 2.24) is 0 Å². The number of hydrogen-bond donors (Lipinski definition) is 1. The quantitative estimate of drug-likeness (QED) is 0.658. The van der Waals surface area contributed by atoms with Gasteiger partial charge in [0, 0.05) is 12.8 Å². The Morgan fingerprint density at radius 3 is 2.55 bits per heavy atom. The van der Waals surface area contributed by atoms with Crippen molar-refractivity contribution in [2.45, 2.75) is 45.1 Å². The third kappa shape index (κ3) is 3.02. The fourth-order valence-electron chi connectivity index (χ4n) is 1.72. The van der Waals surface area contributed by atoms with Crippen LogP contribution in [0.25, 0.3) is 0 Å². The standard InChI is InChI=1S/C9H16O2/c1-7(10)6-8-2-4-9(11)5-3-8/h7-8,10H,2-6H2,1H3. The minimum atomic E-state index is -0.201. The maximum absolute atomic E-state index is 10.8. The van der Waals surface area contributed by atoms with Crippen LogP contribution in [0.1, 0.15) is 39.0 Å². The molecule has 2 heteroatoms. The van der Waals surface area contributed by atoms with Crippen LogP contribution >= 0.6 is 0 Å². The number of carbonyl (C=O) groups excluding carboxylic acids is 1. The maximum Gasteiger partial charge on any atom is 0.132 e. The van der Waals surface area contributed by atoms with Gasteiger partial charge >= 0.3 is 0 Å². The normalized spacial score (nSPS) is 23.6. The summed E-state index contributed by atoms with van der Waals surface area (Å²) in [6.45, 7) is 1.82. The van der Waals surface area contributed by atoms with Crippen molar-refractivity contribution in [2.24, 2.45) is 5.92 Å². The highest BCUT2D eigenvalue weighted by Gasteiger charge is 2.19. The lowest BCUT2D eigenvalue weighted by Gasteiger charge is -2.21. The van der Waals surface area contributed by atoms with E-state index in [0.717, 1.165) is 32.1 Å². The Morgan fingerprint density at radius 2 is 2.09 bits per heavy atom. The van der Waals surface area contributed by atoms with Crippen molar-refractivity contribution < 1.29 is 9.90 Å². The largest absolute Gasteiger partial charge is 0.393 e. The van der Waals surface area contributed by atoms with Crippen LogP contribution in [0.4, 0.5) is 0 Å². The summed E-state index contributed by atoms with van der Waals surface area (Å²) in [5.74, 6) is 0.986. The van der Waals surface area contributed by atoms with Gasteiger partial charge in [0.25, 0.3) is 0 Å². The van der Waals surface area contributed by atoms with Gasteiger partial charge in [-0.2, -0.15) is 0 Å². The monoisotopic (exact) mass is 156 g/mol. The second-order valence-corrected chi connectivity index (χ2v) is 3.57. The van der Waals surface area contributed by atoms with E-state index in [1.165, 1.54) is 0 Å². The van der Waals surface area contributed by atoms with E-state index in [1.54, 1.807) is 0 Å². The van der Waals surface area contributed by atoms with Gasteiger partial charge in [-0.1, -0.05) is 0 Å². The number of ketones is 1. The van der Waals surface area contributed by atoms with Gasteiger partial charge < -0.3 is 5.11 Å². The Morgan fingerprint density at radius 1 is 1.55 bits per heavy atom. The molecule has 1 rings (SSSR count). The summed E-state index contributed by atoms with van der Waals surface area (Å²) < 4.78 is 0. The van der Waals surface area contributed by atoms with Crippen LogP contribution in [-0.2, 0) is 4.79 Å². The first-order valence-electron chi connectivity index (χ1n) is 4.38. The zero-order chi connectivity index (χ0) is 8.27. The molecule has 11 heavy (non-hydrogen) atoms. The molecule has 1 saturated carbocycles. The minimum absolute atomic E-state index is 0.201. The van der Waals surface area contributed by atoms with Crippen LogP contribution in [-0.4, -0.2) is 17.0 Å². The van der Waals surface area contributed by atoms with Crippen molar-refractivity contribution >= 4 is 5.78 Å². The van der Waals surface area contributed by atoms with Gasteiger partial charge in [0.2, 0.25) is 0 Å². The topological polar surface area (TPSA) is 37.3 Å². The van der Waals surface area contributed by atoms with Gasteiger partial charge in [-0.25, -0.2) is 0 Å². The average molecular weight is 156 g/mol. The van der Waals surface area contributed by atoms with Gasteiger partial charge in [0.1, 0.15) is 5.78 Å². The van der Waals surface area contributed by atoms with Crippen LogP contribution in [0.2, 0.25) is 0 Å². The van der Waals surface area contributed by atoms with Crippen LogP contribution in [0.15, 0.2) is 0 Å². The molecule has 0 bridgehead atoms. The van der Waals surface area contributed by atoms with E-state index in [1.807, 2.05) is 6.92 Å². The molecule has 1 N–H and O–H groups in total. The van der Waals surface area contributed by atoms with Crippen molar-refractivity contribution in [3.8, 4) is 0 Å². The van der Waals surface area contributed by atoms with Gasteiger partial charge in [-0.05, 0) is 32.1 Å². The molecule has 2 nitrogen and oxygen atoms in total. The Kier molecular flexibility index (Phi) is 3.06. The summed E-state index contributed by atoms with van der Waals surface area (Å²) in [7, 11) is 0. The molecule has 1 unspecified atom stereocenters. The highest BCUT2D eigenvalue weighted by Crippen LogP contribution is 2.25. The van der Waals surface area contributed by atoms with E-state index in [2.05, 4.69) is 0 Å². The lowest BCUT2D eigenvalue weighted by molar-refractivity contribution is -0.121. The highest BCUT2D eigenvalue weighted by atomic mass is 16.3. The lowest BCUT2D eigenvalue weighted by atomic mass is 9.85. The predicted octanol–water partition coefficient (Wildman–Crippen LogP) is 1.52. The van der Waals surface area contributed by atoms with E-state index in [-0.39, 0.29) is 6.10 Å². The van der Waals surface area contributed by atoms with E-state index < -0.39 is 0 Å². The second kappa shape index (κ2) is 3.86. The van der Waals surface area contributed by atoms with E-state index >= 15 is 0 Å². The highest BCUT2D eigenvalue weighted by molar-refractivity contribution is 5.78. The summed E-state index contributed by atoms with van der Waals surface area (Å²) in [5.41, 5.74) is 0. The van der Waals surface area contributed by atoms with Crippen molar-refractivity contribution in [1.29, 1.82) is 0 Å². The summed E-state index contributed by atoms with van der Waals surface area (Å²) in [6, 6.07) is 0. The predicted molar refractivity (Wildman–Crippen MR) is 43.3 cm³/mol. The molecule has 1 aliphatic rings. The van der Waals surface area contributed by atoms with Gasteiger partial charge in [-0.15, -0.1) is 0 Å². The van der Waals surface area contributed by atoms with Gasteiger partial charge in [0.15, 0.2) is 0 Å². The molecule has 0 spiro atoms. The van der Waals surface area contributed by atoms with Crippen molar-refractivity contribution in [3.63, 3.8) is 0 Å². The molecular formula is C9H16O2. The first-order valence-corrected chi connectivity index (χ1v) is 4.38. The summed E-state index contributed by atoms with van der Waals surface area (Å²) in [6.07, 6.45) is 4.11. The average Bonchev–Trinajstić information content (AvgIpc) is 1.93. The van der Waals surface area contributed by atoms with E-state index in [4.69, 9.17) is 5.11 Å². The molecule has 1 aliphatic carbocycles. The van der Waals surface area contributed by atoms with Crippen LogP contribution < -0.4 is 0 Å². The lowest BCUT2D eigenvalue weighted by Crippen LogP contribution is -2.17. The molecule has 0 saturated heterocycles. The third-order valence-electron chi connectivity index (χ3n) is 2.34. The molecule has 0 aromatic heterocycles. The SMILES string of the molecule is CC(O)CC1CCC(=O)CC1. The molecule has 0 aromatic carbocycles. The number of aliphatic hydroxyl groups is 1. The Bertz CT molecular complexity index is 130. The smallest absolute Gasteiger partial charge is 0.132 e. The Labute approximate surface area is 67.6 Å². The number of Topliss-reactive ketones (excluding diaryl/α,β-unsaturated/α-hetero) is 1. The number of hydrogen-bond acceptors (Lipinski definition) is 2. The first-order chi connectivity index (χ1) is 5.18. The summed E-state index contributed by atoms with van der Waals surface area (Å²) in [4.78, 5) is 10.8. The number of rotatable bonds is 2. The number of carbonyl (C=O) groups is 1. The molecule has 1 fully saturated rings. The molecule has 1 atom stereocenters. The molecule has 0 aromatic rings. The van der Waals surface area contributed by atoms with Crippen LogP contribution in [0.5, 0.6) is 0 Å². The van der Waals surface area contributed by atoms with E-state index in [9.17, 15) is 4.79 Å². The fourth-order valence-corrected chi connectivity index (χ4v) is 1.72. The molecule has 0 amide bonds. The zero-order valence-corrected chi connectivity index (χ0v) is 7.05. The molecule has 64 valence electrons. The van der Waals surface area contributed by atoms with Crippen LogP contribution in [0, 0.1) is 5.92 Å². The summed E-state index contributed by atoms with van der Waals surface area (Å²) >= 11 is 0. The maximum atomic E-state index is 10.8. The Hall–Kier alpha value is -0.370. The summed E-state index contributed by atoms with van der Waals surface area (Å²) in [5, 5.41) is 9.09. The number of aliphatic hydroxyl groups excluding tert-OH is 1. The third-order valence-corrected chi connectivity index (χ3v) is 2.34. The van der Waals surface area contributed by atoms with Crippen molar-refractivity contribution in [3.05, 3.63) is 0 Å². The second-order valence-electron chi connectivity index (χ2n) is 3.57. The van der Waals surface area contributed by atoms with E-state index in [0.29, 0.717) is 11.7 Å². The zero-order valence-electron chi connectivity index (χ0n) is 7.05. The molecule has 0 heterocycles. The van der Waals surface area contributed by atoms with Crippen molar-refractivity contribution in [2.75, 3.05) is 0 Å². The first kappa shape index (κ1) is 8.72. The van der Waals surface area contributed by atoms with Gasteiger partial charge in [-0.3, -0.25) is 4.79 Å².